The number of rotatable bonds is 3. The van der Waals surface area contributed by atoms with Crippen molar-refractivity contribution in [2.45, 2.75) is 51.7 Å². The van der Waals surface area contributed by atoms with E-state index in [-0.39, 0.29) is 6.09 Å². The van der Waals surface area contributed by atoms with E-state index in [1.807, 2.05) is 25.7 Å². The zero-order valence-electron chi connectivity index (χ0n) is 11.2. The molecule has 1 saturated heterocycles. The van der Waals surface area contributed by atoms with Crippen LogP contribution < -0.4 is 5.32 Å². The van der Waals surface area contributed by atoms with Gasteiger partial charge < -0.3 is 15.0 Å². The molecule has 0 unspecified atom stereocenters. The lowest BCUT2D eigenvalue weighted by Crippen LogP contribution is -2.41. The maximum atomic E-state index is 12.1. The molecule has 2 rings (SSSR count). The molecular weight excluding hydrogens is 216 g/mol. The molecule has 1 atom stereocenters. The lowest BCUT2D eigenvalue weighted by atomic mass is 10.1. The van der Waals surface area contributed by atoms with E-state index in [1.54, 1.807) is 0 Å². The second kappa shape index (κ2) is 4.84. The molecule has 0 aromatic heterocycles. The van der Waals surface area contributed by atoms with Gasteiger partial charge in [0.05, 0.1) is 0 Å². The summed E-state index contributed by atoms with van der Waals surface area (Å²) in [6, 6.07) is 0.436. The monoisotopic (exact) mass is 240 g/mol. The molecule has 0 aromatic rings. The van der Waals surface area contributed by atoms with Gasteiger partial charge in [0, 0.05) is 12.6 Å². The van der Waals surface area contributed by atoms with Gasteiger partial charge in [-0.3, -0.25) is 0 Å². The molecule has 1 heterocycles. The quantitative estimate of drug-likeness (QED) is 0.820. The van der Waals surface area contributed by atoms with E-state index < -0.39 is 5.60 Å². The van der Waals surface area contributed by atoms with Crippen LogP contribution in [0, 0.1) is 5.92 Å². The number of amides is 1. The average molecular weight is 240 g/mol. The third-order valence-electron chi connectivity index (χ3n) is 3.23. The predicted molar refractivity (Wildman–Crippen MR) is 66.9 cm³/mol. The third-order valence-corrected chi connectivity index (χ3v) is 3.23. The van der Waals surface area contributed by atoms with Crippen molar-refractivity contribution < 1.29 is 9.53 Å². The van der Waals surface area contributed by atoms with Crippen molar-refractivity contribution in [3.63, 3.8) is 0 Å². The minimum atomic E-state index is -0.391. The highest BCUT2D eigenvalue weighted by atomic mass is 16.6. The fraction of sp³-hybridized carbons (Fsp3) is 0.923. The van der Waals surface area contributed by atoms with Gasteiger partial charge >= 0.3 is 6.09 Å². The summed E-state index contributed by atoms with van der Waals surface area (Å²) in [5.74, 6) is 0.600. The molecular formula is C13H24N2O2. The van der Waals surface area contributed by atoms with Crippen molar-refractivity contribution in [2.24, 2.45) is 5.92 Å². The first-order chi connectivity index (χ1) is 7.96. The molecule has 2 aliphatic rings. The van der Waals surface area contributed by atoms with E-state index in [0.29, 0.717) is 12.0 Å². The lowest BCUT2D eigenvalue weighted by molar-refractivity contribution is 0.0207. The van der Waals surface area contributed by atoms with Crippen molar-refractivity contribution in [1.82, 2.24) is 10.2 Å². The van der Waals surface area contributed by atoms with Gasteiger partial charge in [-0.25, -0.2) is 4.79 Å². The van der Waals surface area contributed by atoms with Crippen LogP contribution in [0.1, 0.15) is 40.0 Å². The van der Waals surface area contributed by atoms with Crippen LogP contribution >= 0.6 is 0 Å². The Morgan fingerprint density at radius 3 is 2.53 bits per heavy atom. The van der Waals surface area contributed by atoms with Crippen LogP contribution in [0.3, 0.4) is 0 Å². The van der Waals surface area contributed by atoms with Crippen molar-refractivity contribution in [2.75, 3.05) is 19.6 Å². The predicted octanol–water partition coefficient (Wildman–Crippen LogP) is 2.00. The third kappa shape index (κ3) is 3.87. The first-order valence-electron chi connectivity index (χ1n) is 6.66. The van der Waals surface area contributed by atoms with E-state index in [9.17, 15) is 4.79 Å². The Morgan fingerprint density at radius 1 is 1.35 bits per heavy atom. The van der Waals surface area contributed by atoms with Gasteiger partial charge in [0.15, 0.2) is 0 Å². The zero-order valence-corrected chi connectivity index (χ0v) is 11.2. The number of hydrogen-bond acceptors (Lipinski definition) is 3. The van der Waals surface area contributed by atoms with Gasteiger partial charge in [-0.15, -0.1) is 0 Å². The molecule has 4 nitrogen and oxygen atoms in total. The van der Waals surface area contributed by atoms with E-state index in [0.717, 1.165) is 32.5 Å². The molecule has 1 amide bonds. The number of carbonyl (C=O) groups excluding carboxylic acids is 1. The van der Waals surface area contributed by atoms with Gasteiger partial charge in [-0.2, -0.15) is 0 Å². The summed E-state index contributed by atoms with van der Waals surface area (Å²) < 4.78 is 5.48. The Labute approximate surface area is 104 Å². The van der Waals surface area contributed by atoms with Crippen LogP contribution in [-0.4, -0.2) is 42.3 Å². The molecule has 98 valence electrons. The second-order valence-electron chi connectivity index (χ2n) is 6.22. The standard InChI is InChI=1S/C13H24N2O2/c1-13(2,3)17-12(16)15(11-4-5-11)9-10-6-7-14-8-10/h10-11,14H,4-9H2,1-3H3/t10-/m1/s1. The summed E-state index contributed by atoms with van der Waals surface area (Å²) in [4.78, 5) is 14.1. The molecule has 4 heteroatoms. The molecule has 17 heavy (non-hydrogen) atoms. The molecule has 1 saturated carbocycles. The molecule has 1 N–H and O–H groups in total. The van der Waals surface area contributed by atoms with E-state index in [2.05, 4.69) is 5.32 Å². The first-order valence-corrected chi connectivity index (χ1v) is 6.66. The van der Waals surface area contributed by atoms with Crippen molar-refractivity contribution in [1.29, 1.82) is 0 Å². The largest absolute Gasteiger partial charge is 0.444 e. The number of hydrogen-bond donors (Lipinski definition) is 1. The SMILES string of the molecule is CC(C)(C)OC(=O)N(C[C@@H]1CCNC1)C1CC1. The number of nitrogens with one attached hydrogen (secondary N) is 1. The molecule has 0 radical (unpaired) electrons. The lowest BCUT2D eigenvalue weighted by Gasteiger charge is -2.29. The van der Waals surface area contributed by atoms with Gasteiger partial charge in [0.2, 0.25) is 0 Å². The number of nitrogens with zero attached hydrogens (tertiary/aromatic N) is 1. The summed E-state index contributed by atoms with van der Waals surface area (Å²) in [6.07, 6.45) is 3.32. The maximum absolute atomic E-state index is 12.1. The van der Waals surface area contributed by atoms with Crippen LogP contribution in [0.4, 0.5) is 4.79 Å². The molecule has 0 aromatic carbocycles. The highest BCUT2D eigenvalue weighted by molar-refractivity contribution is 5.69. The summed E-state index contributed by atoms with van der Waals surface area (Å²) in [5.41, 5.74) is -0.391. The van der Waals surface area contributed by atoms with Gasteiger partial charge in [0.1, 0.15) is 5.60 Å². The number of carbonyl (C=O) groups is 1. The molecule has 1 aliphatic heterocycles. The van der Waals surface area contributed by atoms with E-state index >= 15 is 0 Å². The van der Waals surface area contributed by atoms with Crippen LogP contribution in [0.25, 0.3) is 0 Å². The topological polar surface area (TPSA) is 41.6 Å². The van der Waals surface area contributed by atoms with Crippen molar-refractivity contribution in [3.05, 3.63) is 0 Å². The van der Waals surface area contributed by atoms with Gasteiger partial charge in [-0.1, -0.05) is 0 Å². The second-order valence-corrected chi connectivity index (χ2v) is 6.22. The Balaban J connectivity index is 1.89. The van der Waals surface area contributed by atoms with Crippen molar-refractivity contribution in [3.8, 4) is 0 Å². The van der Waals surface area contributed by atoms with Crippen molar-refractivity contribution >= 4 is 6.09 Å². The molecule has 0 spiro atoms. The Hall–Kier alpha value is -0.770. The Morgan fingerprint density at radius 2 is 2.06 bits per heavy atom. The summed E-state index contributed by atoms with van der Waals surface area (Å²) >= 11 is 0. The van der Waals surface area contributed by atoms with Crippen LogP contribution in [0.15, 0.2) is 0 Å². The smallest absolute Gasteiger partial charge is 0.410 e. The van der Waals surface area contributed by atoms with Crippen LogP contribution in [-0.2, 0) is 4.74 Å². The number of ether oxygens (including phenoxy) is 1. The first kappa shape index (κ1) is 12.7. The van der Waals surface area contributed by atoms with Crippen LogP contribution in [0.2, 0.25) is 0 Å². The summed E-state index contributed by atoms with van der Waals surface area (Å²) in [6.45, 7) is 8.74. The van der Waals surface area contributed by atoms with Gasteiger partial charge in [0.25, 0.3) is 0 Å². The minimum Gasteiger partial charge on any atom is -0.444 e. The van der Waals surface area contributed by atoms with E-state index in [1.165, 1.54) is 6.42 Å². The molecule has 1 aliphatic carbocycles. The highest BCUT2D eigenvalue weighted by Crippen LogP contribution is 2.29. The Bertz CT molecular complexity index is 276. The maximum Gasteiger partial charge on any atom is 0.410 e. The fourth-order valence-corrected chi connectivity index (χ4v) is 2.23. The summed E-state index contributed by atoms with van der Waals surface area (Å²) in [7, 11) is 0. The summed E-state index contributed by atoms with van der Waals surface area (Å²) in [5, 5.41) is 3.35. The van der Waals surface area contributed by atoms with E-state index in [4.69, 9.17) is 4.74 Å². The fourth-order valence-electron chi connectivity index (χ4n) is 2.23. The van der Waals surface area contributed by atoms with Crippen LogP contribution in [0.5, 0.6) is 0 Å². The minimum absolute atomic E-state index is 0.132. The highest BCUT2D eigenvalue weighted by Gasteiger charge is 2.36. The van der Waals surface area contributed by atoms with Gasteiger partial charge in [-0.05, 0) is 59.0 Å². The zero-order chi connectivity index (χ0) is 12.5. The normalized spacial score (nSPS) is 24.8. The Kier molecular flexibility index (Phi) is 3.61. The molecule has 0 bridgehead atoms. The molecule has 2 fully saturated rings. The average Bonchev–Trinajstić information content (AvgIpc) is 2.89.